The van der Waals surface area contributed by atoms with Crippen molar-refractivity contribution >= 4 is 34.1 Å². The molecule has 0 unspecified atom stereocenters. The van der Waals surface area contributed by atoms with Crippen LogP contribution in [0.25, 0.3) is 22.6 Å². The van der Waals surface area contributed by atoms with Gasteiger partial charge in [0.05, 0.1) is 16.8 Å². The van der Waals surface area contributed by atoms with E-state index < -0.39 is 0 Å². The largest absolute Gasteiger partial charge is 0.399 e. The fraction of sp³-hybridized carbons (Fsp3) is 0. The van der Waals surface area contributed by atoms with Gasteiger partial charge < -0.3 is 11.5 Å². The number of hydrogen-bond acceptors (Lipinski definition) is 6. The Hall–Kier alpha value is -2.47. The van der Waals surface area contributed by atoms with E-state index >= 15 is 0 Å². The van der Waals surface area contributed by atoms with E-state index in [0.29, 0.717) is 38.9 Å². The second kappa shape index (κ2) is 4.33. The van der Waals surface area contributed by atoms with Gasteiger partial charge in [-0.1, -0.05) is 11.6 Å². The molecular formula is C12H9ClN6. The summed E-state index contributed by atoms with van der Waals surface area (Å²) in [7, 11) is 0. The van der Waals surface area contributed by atoms with Gasteiger partial charge in [0.15, 0.2) is 11.5 Å². The van der Waals surface area contributed by atoms with E-state index in [0.717, 1.165) is 0 Å². The van der Waals surface area contributed by atoms with E-state index in [-0.39, 0.29) is 0 Å². The van der Waals surface area contributed by atoms with Crippen molar-refractivity contribution in [1.29, 1.82) is 0 Å². The molecule has 0 saturated heterocycles. The number of nitrogens with zero attached hydrogens (tertiary/aromatic N) is 4. The quantitative estimate of drug-likeness (QED) is 0.656. The number of anilines is 2. The third-order valence-electron chi connectivity index (χ3n) is 2.59. The maximum atomic E-state index is 6.14. The van der Waals surface area contributed by atoms with Crippen LogP contribution in [0.4, 0.5) is 11.4 Å². The minimum absolute atomic E-state index is 0.399. The van der Waals surface area contributed by atoms with Crippen LogP contribution in [0.1, 0.15) is 0 Å². The lowest BCUT2D eigenvalue weighted by Crippen LogP contribution is -1.99. The van der Waals surface area contributed by atoms with E-state index in [9.17, 15) is 0 Å². The van der Waals surface area contributed by atoms with Crippen molar-refractivity contribution < 1.29 is 0 Å². The molecule has 0 saturated carbocycles. The first-order valence-corrected chi connectivity index (χ1v) is 5.81. The molecule has 3 rings (SSSR count). The van der Waals surface area contributed by atoms with Crippen molar-refractivity contribution in [3.8, 4) is 11.4 Å². The van der Waals surface area contributed by atoms with Gasteiger partial charge in [-0.2, -0.15) is 0 Å². The van der Waals surface area contributed by atoms with Crippen LogP contribution in [0.15, 0.2) is 30.7 Å². The lowest BCUT2D eigenvalue weighted by molar-refractivity contribution is 1.15. The molecule has 19 heavy (non-hydrogen) atoms. The van der Waals surface area contributed by atoms with Gasteiger partial charge in [-0.05, 0) is 12.1 Å². The van der Waals surface area contributed by atoms with Crippen LogP contribution in [0.3, 0.4) is 0 Å². The Morgan fingerprint density at radius 3 is 2.58 bits per heavy atom. The maximum absolute atomic E-state index is 6.14. The highest BCUT2D eigenvalue weighted by atomic mass is 35.5. The Morgan fingerprint density at radius 1 is 1.00 bits per heavy atom. The van der Waals surface area contributed by atoms with Crippen LogP contribution in [-0.2, 0) is 0 Å². The first-order valence-electron chi connectivity index (χ1n) is 5.44. The summed E-state index contributed by atoms with van der Waals surface area (Å²) in [6.07, 6.45) is 4.72. The van der Waals surface area contributed by atoms with Crippen LogP contribution in [0.5, 0.6) is 0 Å². The van der Waals surface area contributed by atoms with Crippen LogP contribution in [0.2, 0.25) is 5.02 Å². The summed E-state index contributed by atoms with van der Waals surface area (Å²) in [6, 6.07) is 3.23. The molecule has 3 aromatic rings. The molecule has 0 aliphatic heterocycles. The summed E-state index contributed by atoms with van der Waals surface area (Å²) in [4.78, 5) is 16.7. The molecule has 2 aromatic heterocycles. The molecule has 94 valence electrons. The van der Waals surface area contributed by atoms with Gasteiger partial charge in [0.2, 0.25) is 0 Å². The number of benzene rings is 1. The SMILES string of the molecule is Nc1cc(N)c(-c2ncc3nccnc3n2)c(Cl)c1. The predicted molar refractivity (Wildman–Crippen MR) is 74.4 cm³/mol. The molecule has 0 atom stereocenters. The van der Waals surface area contributed by atoms with E-state index in [2.05, 4.69) is 19.9 Å². The number of fused-ring (bicyclic) bond motifs is 1. The lowest BCUT2D eigenvalue weighted by atomic mass is 10.1. The van der Waals surface area contributed by atoms with Crippen molar-refractivity contribution in [2.45, 2.75) is 0 Å². The fourth-order valence-corrected chi connectivity index (χ4v) is 2.10. The molecule has 0 aliphatic rings. The molecule has 0 fully saturated rings. The smallest absolute Gasteiger partial charge is 0.181 e. The number of hydrogen-bond donors (Lipinski definition) is 2. The van der Waals surface area contributed by atoms with E-state index in [4.69, 9.17) is 23.1 Å². The Balaban J connectivity index is 2.25. The molecule has 4 N–H and O–H groups in total. The van der Waals surface area contributed by atoms with Gasteiger partial charge in [-0.15, -0.1) is 0 Å². The van der Waals surface area contributed by atoms with Gasteiger partial charge in [-0.25, -0.2) is 19.9 Å². The Labute approximate surface area is 113 Å². The molecule has 6 nitrogen and oxygen atoms in total. The van der Waals surface area contributed by atoms with Gasteiger partial charge in [-0.3, -0.25) is 0 Å². The predicted octanol–water partition coefficient (Wildman–Crippen LogP) is 1.90. The number of nitrogen functional groups attached to an aromatic ring is 2. The molecule has 0 spiro atoms. The van der Waals surface area contributed by atoms with Crippen molar-refractivity contribution in [3.63, 3.8) is 0 Å². The summed E-state index contributed by atoms with van der Waals surface area (Å²) in [5.74, 6) is 0.399. The molecule has 0 bridgehead atoms. The highest BCUT2D eigenvalue weighted by Gasteiger charge is 2.13. The van der Waals surface area contributed by atoms with E-state index in [1.54, 1.807) is 30.7 Å². The molecule has 0 radical (unpaired) electrons. The summed E-state index contributed by atoms with van der Waals surface area (Å²) in [5.41, 5.74) is 14.1. The van der Waals surface area contributed by atoms with Crippen molar-refractivity contribution in [3.05, 3.63) is 35.7 Å². The number of nitrogens with two attached hydrogens (primary N) is 2. The Morgan fingerprint density at radius 2 is 1.79 bits per heavy atom. The zero-order valence-corrected chi connectivity index (χ0v) is 10.5. The number of halogens is 1. The second-order valence-corrected chi connectivity index (χ2v) is 4.33. The topological polar surface area (TPSA) is 104 Å². The maximum Gasteiger partial charge on any atom is 0.181 e. The Bertz CT molecular complexity index is 750. The lowest BCUT2D eigenvalue weighted by Gasteiger charge is -2.08. The van der Waals surface area contributed by atoms with Crippen molar-refractivity contribution in [2.75, 3.05) is 11.5 Å². The highest BCUT2D eigenvalue weighted by molar-refractivity contribution is 6.34. The molecular weight excluding hydrogens is 264 g/mol. The van der Waals surface area contributed by atoms with E-state index in [1.807, 2.05) is 0 Å². The zero-order valence-electron chi connectivity index (χ0n) is 9.71. The molecule has 2 heterocycles. The third kappa shape index (κ3) is 2.02. The molecule has 7 heteroatoms. The molecule has 0 aliphatic carbocycles. The number of rotatable bonds is 1. The normalized spacial score (nSPS) is 10.8. The average Bonchev–Trinajstić information content (AvgIpc) is 2.37. The first kappa shape index (κ1) is 11.6. The molecule has 1 aromatic carbocycles. The molecule has 0 amide bonds. The van der Waals surface area contributed by atoms with Crippen LogP contribution < -0.4 is 11.5 Å². The van der Waals surface area contributed by atoms with Gasteiger partial charge in [0, 0.05) is 23.8 Å². The van der Waals surface area contributed by atoms with Crippen LogP contribution >= 0.6 is 11.6 Å². The van der Waals surface area contributed by atoms with E-state index in [1.165, 1.54) is 0 Å². The van der Waals surface area contributed by atoms with Crippen LogP contribution in [0, 0.1) is 0 Å². The standard InChI is InChI=1S/C12H9ClN6/c13-7-3-6(14)4-8(15)10(7)12-18-5-9-11(19-12)17-2-1-16-9/h1-5H,14-15H2. The summed E-state index contributed by atoms with van der Waals surface area (Å²) < 4.78 is 0. The number of aromatic nitrogens is 4. The Kier molecular flexibility index (Phi) is 2.64. The summed E-state index contributed by atoms with van der Waals surface area (Å²) >= 11 is 6.14. The second-order valence-electron chi connectivity index (χ2n) is 3.93. The first-order chi connectivity index (χ1) is 9.15. The minimum Gasteiger partial charge on any atom is -0.399 e. The third-order valence-corrected chi connectivity index (χ3v) is 2.89. The van der Waals surface area contributed by atoms with Gasteiger partial charge >= 0.3 is 0 Å². The summed E-state index contributed by atoms with van der Waals surface area (Å²) in [5, 5.41) is 0.403. The van der Waals surface area contributed by atoms with Crippen molar-refractivity contribution in [1.82, 2.24) is 19.9 Å². The zero-order chi connectivity index (χ0) is 13.4. The monoisotopic (exact) mass is 272 g/mol. The van der Waals surface area contributed by atoms with Crippen molar-refractivity contribution in [2.24, 2.45) is 0 Å². The average molecular weight is 273 g/mol. The minimum atomic E-state index is 0.399. The van der Waals surface area contributed by atoms with Gasteiger partial charge in [0.1, 0.15) is 5.52 Å². The van der Waals surface area contributed by atoms with Crippen LogP contribution in [-0.4, -0.2) is 19.9 Å². The van der Waals surface area contributed by atoms with Gasteiger partial charge in [0.25, 0.3) is 0 Å². The highest BCUT2D eigenvalue weighted by Crippen LogP contribution is 2.33. The summed E-state index contributed by atoms with van der Waals surface area (Å²) in [6.45, 7) is 0. The fourth-order valence-electron chi connectivity index (χ4n) is 1.78.